The third kappa shape index (κ3) is 5.63. The number of benzene rings is 1. The molecule has 0 saturated carbocycles. The predicted octanol–water partition coefficient (Wildman–Crippen LogP) is 2.81. The maximum absolute atomic E-state index is 12.7. The van der Waals surface area contributed by atoms with Gasteiger partial charge in [0.15, 0.2) is 12.4 Å². The molecule has 1 aromatic heterocycles. The molecule has 0 aliphatic carbocycles. The van der Waals surface area contributed by atoms with Crippen molar-refractivity contribution in [1.29, 1.82) is 0 Å². The number of aryl methyl sites for hydroxylation is 1. The number of hydrogen-bond donors (Lipinski definition) is 1. The highest BCUT2D eigenvalue weighted by Gasteiger charge is 2.21. The van der Waals surface area contributed by atoms with Crippen LogP contribution in [-0.4, -0.2) is 45.4 Å². The summed E-state index contributed by atoms with van der Waals surface area (Å²) in [4.78, 5) is 14.9. The van der Waals surface area contributed by atoms with Gasteiger partial charge in [0.1, 0.15) is 11.5 Å². The van der Waals surface area contributed by atoms with Crippen LogP contribution in [-0.2, 0) is 22.5 Å². The third-order valence-electron chi connectivity index (χ3n) is 4.98. The fourth-order valence-electron chi connectivity index (χ4n) is 3.43. The number of morpholine rings is 1. The number of amides is 1. The van der Waals surface area contributed by atoms with Gasteiger partial charge < -0.3 is 24.4 Å². The lowest BCUT2D eigenvalue weighted by Crippen LogP contribution is -2.39. The number of ether oxygens (including phenoxy) is 3. The van der Waals surface area contributed by atoms with E-state index in [4.69, 9.17) is 14.2 Å². The van der Waals surface area contributed by atoms with Gasteiger partial charge in [0, 0.05) is 37.4 Å². The van der Waals surface area contributed by atoms with Crippen molar-refractivity contribution >= 4 is 17.3 Å². The highest BCUT2D eigenvalue weighted by atomic mass is 16.5. The molecule has 0 unspecified atom stereocenters. The van der Waals surface area contributed by atoms with E-state index in [0.717, 1.165) is 30.9 Å². The lowest BCUT2D eigenvalue weighted by atomic mass is 10.2. The van der Waals surface area contributed by atoms with Gasteiger partial charge in [-0.25, -0.2) is 0 Å². The molecule has 1 fully saturated rings. The average molecular weight is 415 g/mol. The lowest BCUT2D eigenvalue weighted by molar-refractivity contribution is -0.684. The molecular weight excluding hydrogens is 382 g/mol. The van der Waals surface area contributed by atoms with Gasteiger partial charge in [0.2, 0.25) is 6.54 Å². The number of aromatic nitrogens is 1. The molecule has 30 heavy (non-hydrogen) atoms. The van der Waals surface area contributed by atoms with Gasteiger partial charge in [-0.15, -0.1) is 0 Å². The first-order valence-electron chi connectivity index (χ1n) is 10.7. The van der Waals surface area contributed by atoms with Crippen molar-refractivity contribution in [3.63, 3.8) is 0 Å². The van der Waals surface area contributed by atoms with E-state index < -0.39 is 0 Å². The van der Waals surface area contributed by atoms with E-state index in [1.54, 1.807) is 0 Å². The zero-order valence-corrected chi connectivity index (χ0v) is 18.1. The summed E-state index contributed by atoms with van der Waals surface area (Å²) >= 11 is 0. The molecule has 162 valence electrons. The minimum atomic E-state index is -0.119. The van der Waals surface area contributed by atoms with Gasteiger partial charge in [0.05, 0.1) is 37.8 Å². The first-order valence-corrected chi connectivity index (χ1v) is 10.7. The lowest BCUT2D eigenvalue weighted by Gasteiger charge is -2.31. The minimum absolute atomic E-state index is 0.119. The molecular formula is C23H32N3O4+. The first-order chi connectivity index (χ1) is 14.6. The summed E-state index contributed by atoms with van der Waals surface area (Å²) < 4.78 is 19.1. The largest absolute Gasteiger partial charge is 0.492 e. The Bertz CT molecular complexity index is 833. The van der Waals surface area contributed by atoms with E-state index in [-0.39, 0.29) is 12.5 Å². The van der Waals surface area contributed by atoms with Crippen molar-refractivity contribution in [2.24, 2.45) is 0 Å². The molecule has 1 aliphatic heterocycles. The number of carbonyl (C=O) groups excluding carboxylic acids is 1. The minimum Gasteiger partial charge on any atom is -0.492 e. The van der Waals surface area contributed by atoms with E-state index in [1.807, 2.05) is 55.1 Å². The van der Waals surface area contributed by atoms with Crippen molar-refractivity contribution in [1.82, 2.24) is 0 Å². The number of nitrogens with one attached hydrogen (secondary N) is 1. The summed E-state index contributed by atoms with van der Waals surface area (Å²) in [5.74, 6) is 1.26. The van der Waals surface area contributed by atoms with Gasteiger partial charge in [-0.1, -0.05) is 6.92 Å². The van der Waals surface area contributed by atoms with Crippen molar-refractivity contribution in [2.45, 2.75) is 33.7 Å². The van der Waals surface area contributed by atoms with Gasteiger partial charge in [-0.3, -0.25) is 4.79 Å². The maximum Gasteiger partial charge on any atom is 0.290 e. The summed E-state index contributed by atoms with van der Waals surface area (Å²) in [6.07, 6.45) is 4.82. The predicted molar refractivity (Wildman–Crippen MR) is 116 cm³/mol. The first kappa shape index (κ1) is 21.9. The van der Waals surface area contributed by atoms with E-state index in [9.17, 15) is 4.79 Å². The fourth-order valence-corrected chi connectivity index (χ4v) is 3.43. The Balaban J connectivity index is 1.82. The summed E-state index contributed by atoms with van der Waals surface area (Å²) in [6.45, 7) is 10.2. The topological polar surface area (TPSA) is 63.9 Å². The standard InChI is InChI=1S/C23H31N3O4/c1-4-18-7-9-25(10-8-18)17-23(27)24-19-15-22(30-6-3)20(16-21(19)29-5-2)26-11-13-28-14-12-26/h7-10,15-16H,4-6,11-14,17H2,1-3H3/p+1. The number of rotatable bonds is 9. The molecule has 2 heterocycles. The Morgan fingerprint density at radius 1 is 1.07 bits per heavy atom. The Hall–Kier alpha value is -2.80. The molecule has 7 heteroatoms. The summed E-state index contributed by atoms with van der Waals surface area (Å²) in [7, 11) is 0. The summed E-state index contributed by atoms with van der Waals surface area (Å²) in [6, 6.07) is 7.88. The normalized spacial score (nSPS) is 13.8. The number of carbonyl (C=O) groups is 1. The quantitative estimate of drug-likeness (QED) is 0.640. The van der Waals surface area contributed by atoms with Crippen LogP contribution in [0.2, 0.25) is 0 Å². The van der Waals surface area contributed by atoms with Crippen LogP contribution in [0.4, 0.5) is 11.4 Å². The van der Waals surface area contributed by atoms with E-state index in [0.29, 0.717) is 37.9 Å². The Morgan fingerprint density at radius 2 is 1.73 bits per heavy atom. The number of anilines is 2. The van der Waals surface area contributed by atoms with Crippen molar-refractivity contribution in [2.75, 3.05) is 49.7 Å². The highest BCUT2D eigenvalue weighted by Crippen LogP contribution is 2.39. The molecule has 1 amide bonds. The maximum atomic E-state index is 12.7. The van der Waals surface area contributed by atoms with Crippen molar-refractivity contribution < 1.29 is 23.6 Å². The van der Waals surface area contributed by atoms with Crippen LogP contribution in [0.1, 0.15) is 26.3 Å². The van der Waals surface area contributed by atoms with Crippen LogP contribution < -0.4 is 24.3 Å². The zero-order chi connectivity index (χ0) is 21.3. The fraction of sp³-hybridized carbons (Fsp3) is 0.478. The third-order valence-corrected chi connectivity index (χ3v) is 4.98. The van der Waals surface area contributed by atoms with E-state index in [2.05, 4.69) is 17.1 Å². The second-order valence-corrected chi connectivity index (χ2v) is 7.06. The molecule has 1 aliphatic rings. The summed E-state index contributed by atoms with van der Waals surface area (Å²) in [5.41, 5.74) is 2.82. The molecule has 1 N–H and O–H groups in total. The molecule has 2 aromatic rings. The average Bonchev–Trinajstić information content (AvgIpc) is 2.77. The zero-order valence-electron chi connectivity index (χ0n) is 18.1. The Morgan fingerprint density at radius 3 is 2.37 bits per heavy atom. The molecule has 7 nitrogen and oxygen atoms in total. The monoisotopic (exact) mass is 414 g/mol. The Labute approximate surface area is 178 Å². The van der Waals surface area contributed by atoms with Crippen LogP contribution in [0.5, 0.6) is 11.5 Å². The van der Waals surface area contributed by atoms with Gasteiger partial charge in [-0.2, -0.15) is 4.57 Å². The van der Waals surface area contributed by atoms with Gasteiger partial charge in [0.25, 0.3) is 5.91 Å². The van der Waals surface area contributed by atoms with Crippen LogP contribution in [0.15, 0.2) is 36.7 Å². The SMILES string of the molecule is CCOc1cc(N2CCOCC2)c(OCC)cc1NC(=O)C[n+]1ccc(CC)cc1. The van der Waals surface area contributed by atoms with Crippen molar-refractivity contribution in [3.8, 4) is 11.5 Å². The molecule has 0 spiro atoms. The molecule has 1 aromatic carbocycles. The number of hydrogen-bond acceptors (Lipinski definition) is 5. The molecule has 0 bridgehead atoms. The molecule has 0 atom stereocenters. The van der Waals surface area contributed by atoms with Crippen LogP contribution in [0.25, 0.3) is 0 Å². The van der Waals surface area contributed by atoms with Gasteiger partial charge >= 0.3 is 0 Å². The number of nitrogens with zero attached hydrogens (tertiary/aromatic N) is 2. The molecule has 0 radical (unpaired) electrons. The van der Waals surface area contributed by atoms with Crippen LogP contribution in [0.3, 0.4) is 0 Å². The summed E-state index contributed by atoms with van der Waals surface area (Å²) in [5, 5.41) is 2.99. The van der Waals surface area contributed by atoms with E-state index >= 15 is 0 Å². The van der Waals surface area contributed by atoms with E-state index in [1.165, 1.54) is 5.56 Å². The second-order valence-electron chi connectivity index (χ2n) is 7.06. The molecule has 3 rings (SSSR count). The highest BCUT2D eigenvalue weighted by molar-refractivity contribution is 5.92. The molecule has 1 saturated heterocycles. The van der Waals surface area contributed by atoms with Crippen LogP contribution in [0, 0.1) is 0 Å². The van der Waals surface area contributed by atoms with Crippen LogP contribution >= 0.6 is 0 Å². The van der Waals surface area contributed by atoms with Crippen molar-refractivity contribution in [3.05, 3.63) is 42.2 Å². The smallest absolute Gasteiger partial charge is 0.290 e. The second kappa shape index (κ2) is 10.8. The number of pyridine rings is 1. The Kier molecular flexibility index (Phi) is 7.90. The van der Waals surface area contributed by atoms with Gasteiger partial charge in [-0.05, 0) is 25.8 Å².